The fraction of sp³-hybridized carbons (Fsp3) is 0.615. The van der Waals surface area contributed by atoms with Gasteiger partial charge >= 0.3 is 5.97 Å². The number of hydrogen-bond acceptors (Lipinski definition) is 6. The van der Waals surface area contributed by atoms with Crippen LogP contribution in [0, 0.1) is 0 Å². The second-order valence-electron chi connectivity index (χ2n) is 4.28. The van der Waals surface area contributed by atoms with Crippen molar-refractivity contribution >= 4 is 5.97 Å². The highest BCUT2D eigenvalue weighted by molar-refractivity contribution is 5.90. The zero-order valence-electron chi connectivity index (χ0n) is 11.6. The minimum Gasteiger partial charge on any atom is -0.467 e. The summed E-state index contributed by atoms with van der Waals surface area (Å²) < 4.78 is 15.1. The number of nitrogens with zero attached hydrogens (tertiary/aromatic N) is 1. The number of carbonyl (C=O) groups is 1. The van der Waals surface area contributed by atoms with E-state index in [0.717, 1.165) is 0 Å². The maximum absolute atomic E-state index is 11.7. The minimum absolute atomic E-state index is 0.271. The summed E-state index contributed by atoms with van der Waals surface area (Å²) in [4.78, 5) is 13.5. The normalized spacial score (nSPS) is 12.7. The van der Waals surface area contributed by atoms with Crippen molar-refractivity contribution in [3.63, 3.8) is 0 Å². The van der Waals surface area contributed by atoms with E-state index in [4.69, 9.17) is 13.9 Å². The fourth-order valence-electron chi connectivity index (χ4n) is 1.77. The van der Waals surface area contributed by atoms with Crippen molar-refractivity contribution in [3.05, 3.63) is 23.7 Å². The Morgan fingerprint density at radius 2 is 2.32 bits per heavy atom. The molecule has 1 rings (SSSR count). The molecular formula is C13H21NO5. The summed E-state index contributed by atoms with van der Waals surface area (Å²) in [5.41, 5.74) is 0.426. The second-order valence-corrected chi connectivity index (χ2v) is 4.28. The first-order valence-electron chi connectivity index (χ1n) is 6.17. The highest BCUT2D eigenvalue weighted by Crippen LogP contribution is 2.14. The lowest BCUT2D eigenvalue weighted by Gasteiger charge is -2.19. The first-order valence-corrected chi connectivity index (χ1v) is 6.17. The molecule has 0 saturated heterocycles. The molecule has 0 spiro atoms. The molecule has 19 heavy (non-hydrogen) atoms. The van der Waals surface area contributed by atoms with Crippen molar-refractivity contribution in [2.75, 3.05) is 33.9 Å². The quantitative estimate of drug-likeness (QED) is 0.708. The predicted octanol–water partition coefficient (Wildman–Crippen LogP) is 0.895. The van der Waals surface area contributed by atoms with Crippen LogP contribution >= 0.6 is 0 Å². The lowest BCUT2D eigenvalue weighted by atomic mass is 10.2. The third-order valence-corrected chi connectivity index (χ3v) is 2.54. The molecule has 108 valence electrons. The number of ether oxygens (including phenoxy) is 2. The van der Waals surface area contributed by atoms with Gasteiger partial charge in [0.15, 0.2) is 0 Å². The van der Waals surface area contributed by atoms with Gasteiger partial charge < -0.3 is 19.0 Å². The topological polar surface area (TPSA) is 72.1 Å². The van der Waals surface area contributed by atoms with Crippen LogP contribution < -0.4 is 0 Å². The number of aliphatic hydroxyl groups is 1. The number of hydrogen-bond donors (Lipinski definition) is 1. The van der Waals surface area contributed by atoms with Gasteiger partial charge in [0.05, 0.1) is 32.1 Å². The lowest BCUT2D eigenvalue weighted by Crippen LogP contribution is -2.31. The van der Waals surface area contributed by atoms with Crippen molar-refractivity contribution in [1.82, 2.24) is 4.90 Å². The van der Waals surface area contributed by atoms with Crippen LogP contribution in [-0.4, -0.2) is 56.0 Å². The maximum atomic E-state index is 11.7. The van der Waals surface area contributed by atoms with Crippen molar-refractivity contribution in [2.45, 2.75) is 19.6 Å². The molecule has 0 bridgehead atoms. The van der Waals surface area contributed by atoms with E-state index in [2.05, 4.69) is 0 Å². The number of esters is 1. The van der Waals surface area contributed by atoms with E-state index in [1.807, 2.05) is 11.9 Å². The summed E-state index contributed by atoms with van der Waals surface area (Å²) >= 11 is 0. The highest BCUT2D eigenvalue weighted by Gasteiger charge is 2.18. The summed E-state index contributed by atoms with van der Waals surface area (Å²) in [7, 11) is 3.37. The number of rotatable bonds is 8. The SMILES string of the molecule is CCOC(=O)c1ccoc1CN(C)CC(O)COC. The molecule has 0 fully saturated rings. The third-order valence-electron chi connectivity index (χ3n) is 2.54. The van der Waals surface area contributed by atoms with E-state index in [9.17, 15) is 9.90 Å². The maximum Gasteiger partial charge on any atom is 0.341 e. The first kappa shape index (κ1) is 15.7. The van der Waals surface area contributed by atoms with Gasteiger partial charge in [-0.15, -0.1) is 0 Å². The second kappa shape index (κ2) is 7.93. The van der Waals surface area contributed by atoms with Crippen LogP contribution in [-0.2, 0) is 16.0 Å². The van der Waals surface area contributed by atoms with Crippen LogP contribution in [0.15, 0.2) is 16.7 Å². The van der Waals surface area contributed by atoms with E-state index >= 15 is 0 Å². The number of aliphatic hydroxyl groups excluding tert-OH is 1. The highest BCUT2D eigenvalue weighted by atomic mass is 16.5. The molecule has 0 radical (unpaired) electrons. The molecule has 0 aliphatic heterocycles. The monoisotopic (exact) mass is 271 g/mol. The van der Waals surface area contributed by atoms with E-state index in [1.54, 1.807) is 13.0 Å². The van der Waals surface area contributed by atoms with Gasteiger partial charge in [0.25, 0.3) is 0 Å². The molecule has 1 N–H and O–H groups in total. The molecule has 0 aliphatic rings. The number of carbonyl (C=O) groups excluding carboxylic acids is 1. The molecule has 1 aromatic rings. The Morgan fingerprint density at radius 1 is 1.58 bits per heavy atom. The smallest absolute Gasteiger partial charge is 0.341 e. The molecular weight excluding hydrogens is 250 g/mol. The van der Waals surface area contributed by atoms with Gasteiger partial charge in [0.2, 0.25) is 0 Å². The Hall–Kier alpha value is -1.37. The minimum atomic E-state index is -0.573. The first-order chi connectivity index (χ1) is 9.08. The van der Waals surface area contributed by atoms with Crippen molar-refractivity contribution in [3.8, 4) is 0 Å². The van der Waals surface area contributed by atoms with E-state index in [0.29, 0.717) is 31.0 Å². The number of furan rings is 1. The molecule has 6 heteroatoms. The van der Waals surface area contributed by atoms with E-state index < -0.39 is 12.1 Å². The zero-order valence-corrected chi connectivity index (χ0v) is 11.6. The zero-order chi connectivity index (χ0) is 14.3. The largest absolute Gasteiger partial charge is 0.467 e. The Morgan fingerprint density at radius 3 is 2.95 bits per heavy atom. The van der Waals surface area contributed by atoms with Gasteiger partial charge in [-0.25, -0.2) is 4.79 Å². The van der Waals surface area contributed by atoms with Gasteiger partial charge in [-0.1, -0.05) is 0 Å². The summed E-state index contributed by atoms with van der Waals surface area (Å²) in [5, 5.41) is 9.62. The Labute approximate surface area is 112 Å². The molecule has 6 nitrogen and oxygen atoms in total. The molecule has 0 aliphatic carbocycles. The van der Waals surface area contributed by atoms with Gasteiger partial charge in [0, 0.05) is 13.7 Å². The van der Waals surface area contributed by atoms with Gasteiger partial charge in [0.1, 0.15) is 11.3 Å². The molecule has 1 unspecified atom stereocenters. The van der Waals surface area contributed by atoms with E-state index in [-0.39, 0.29) is 6.61 Å². The van der Waals surface area contributed by atoms with Crippen LogP contribution in [0.4, 0.5) is 0 Å². The number of likely N-dealkylation sites (N-methyl/N-ethyl adjacent to an activating group) is 1. The molecule has 0 saturated carbocycles. The molecule has 0 aromatic carbocycles. The predicted molar refractivity (Wildman–Crippen MR) is 68.9 cm³/mol. The van der Waals surface area contributed by atoms with Gasteiger partial charge in [-0.05, 0) is 20.0 Å². The average molecular weight is 271 g/mol. The Balaban J connectivity index is 2.57. The van der Waals surface area contributed by atoms with Gasteiger partial charge in [-0.2, -0.15) is 0 Å². The summed E-state index contributed by atoms with van der Waals surface area (Å²) in [5.74, 6) is 0.141. The summed E-state index contributed by atoms with van der Waals surface area (Å²) in [6.07, 6.45) is 0.886. The molecule has 1 atom stereocenters. The Kier molecular flexibility index (Phi) is 6.55. The molecule has 0 amide bonds. The van der Waals surface area contributed by atoms with Crippen LogP contribution in [0.1, 0.15) is 23.0 Å². The van der Waals surface area contributed by atoms with Crippen LogP contribution in [0.3, 0.4) is 0 Å². The average Bonchev–Trinajstić information content (AvgIpc) is 2.77. The molecule has 1 heterocycles. The van der Waals surface area contributed by atoms with Gasteiger partial charge in [-0.3, -0.25) is 4.90 Å². The van der Waals surface area contributed by atoms with Crippen molar-refractivity contribution in [1.29, 1.82) is 0 Å². The summed E-state index contributed by atoms with van der Waals surface area (Å²) in [6, 6.07) is 1.59. The van der Waals surface area contributed by atoms with Crippen LogP contribution in [0.2, 0.25) is 0 Å². The lowest BCUT2D eigenvalue weighted by molar-refractivity contribution is 0.0403. The fourth-order valence-corrected chi connectivity index (χ4v) is 1.77. The van der Waals surface area contributed by atoms with Crippen LogP contribution in [0.5, 0.6) is 0 Å². The van der Waals surface area contributed by atoms with E-state index in [1.165, 1.54) is 13.4 Å². The standard InChI is InChI=1S/C13H21NO5/c1-4-18-13(16)11-5-6-19-12(11)8-14(2)7-10(15)9-17-3/h5-6,10,15H,4,7-9H2,1-3H3. The summed E-state index contributed by atoms with van der Waals surface area (Å²) in [6.45, 7) is 3.20. The number of methoxy groups -OCH3 is 1. The third kappa shape index (κ3) is 5.02. The van der Waals surface area contributed by atoms with Crippen LogP contribution in [0.25, 0.3) is 0 Å². The van der Waals surface area contributed by atoms with Crippen molar-refractivity contribution < 1.29 is 23.8 Å². The molecule has 1 aromatic heterocycles. The Bertz CT molecular complexity index is 390. The van der Waals surface area contributed by atoms with Crippen molar-refractivity contribution in [2.24, 2.45) is 0 Å².